The van der Waals surface area contributed by atoms with Crippen LogP contribution >= 0.6 is 11.6 Å². The number of rotatable bonds is 7. The van der Waals surface area contributed by atoms with Gasteiger partial charge in [0.2, 0.25) is 0 Å². The Bertz CT molecular complexity index is 957. The summed E-state index contributed by atoms with van der Waals surface area (Å²) in [7, 11) is 3.12. The predicted octanol–water partition coefficient (Wildman–Crippen LogP) is 3.71. The molecule has 9 heteroatoms. The number of ether oxygens (including phenoxy) is 3. The molecule has 0 fully saturated rings. The van der Waals surface area contributed by atoms with Crippen LogP contribution < -0.4 is 19.5 Å². The molecule has 0 unspecified atom stereocenters. The van der Waals surface area contributed by atoms with Crippen LogP contribution in [0.4, 0.5) is 10.2 Å². The number of pyridine rings is 1. The van der Waals surface area contributed by atoms with Gasteiger partial charge in [-0.15, -0.1) is 0 Å². The van der Waals surface area contributed by atoms with Gasteiger partial charge < -0.3 is 19.5 Å². The summed E-state index contributed by atoms with van der Waals surface area (Å²) >= 11 is 5.69. The Labute approximate surface area is 160 Å². The maximum atomic E-state index is 13.8. The van der Waals surface area contributed by atoms with Crippen molar-refractivity contribution in [2.24, 2.45) is 0 Å². The van der Waals surface area contributed by atoms with Crippen molar-refractivity contribution in [1.29, 1.82) is 0 Å². The topological polar surface area (TPSA) is 78.4 Å². The Hall–Kier alpha value is -2.87. The van der Waals surface area contributed by atoms with E-state index in [4.69, 9.17) is 25.8 Å². The minimum atomic E-state index is -0.612. The number of hydrogen-bond acceptors (Lipinski definition) is 7. The lowest BCUT2D eigenvalue weighted by molar-refractivity contribution is 0.277. The molecule has 0 aliphatic rings. The van der Waals surface area contributed by atoms with Crippen molar-refractivity contribution >= 4 is 28.3 Å². The van der Waals surface area contributed by atoms with E-state index in [2.05, 4.69) is 20.3 Å². The normalized spacial score (nSPS) is 11.9. The fourth-order valence-electron chi connectivity index (χ4n) is 2.49. The summed E-state index contributed by atoms with van der Waals surface area (Å²) in [6.07, 6.45) is 2.78. The lowest BCUT2D eigenvalue weighted by Gasteiger charge is -2.17. The van der Waals surface area contributed by atoms with Gasteiger partial charge >= 0.3 is 0 Å². The zero-order chi connectivity index (χ0) is 19.4. The number of halogens is 2. The molecule has 2 heterocycles. The van der Waals surface area contributed by atoms with E-state index >= 15 is 0 Å². The third-order valence-corrected chi connectivity index (χ3v) is 3.97. The number of aromatic nitrogens is 3. The second kappa shape index (κ2) is 8.22. The zero-order valence-electron chi connectivity index (χ0n) is 15.0. The van der Waals surface area contributed by atoms with Crippen LogP contribution in [0, 0.1) is 5.82 Å². The molecule has 1 aromatic carbocycles. The lowest BCUT2D eigenvalue weighted by atomic mass is 10.2. The second-order valence-electron chi connectivity index (χ2n) is 5.74. The summed E-state index contributed by atoms with van der Waals surface area (Å²) in [4.78, 5) is 12.4. The van der Waals surface area contributed by atoms with Gasteiger partial charge in [0, 0.05) is 17.6 Å². The average molecular weight is 393 g/mol. The number of nitrogens with zero attached hydrogens (tertiary/aromatic N) is 3. The molecule has 2 aromatic heterocycles. The smallest absolute Gasteiger partial charge is 0.250 e. The van der Waals surface area contributed by atoms with Gasteiger partial charge in [0.1, 0.15) is 18.8 Å². The van der Waals surface area contributed by atoms with E-state index in [1.165, 1.54) is 12.5 Å². The summed E-state index contributed by atoms with van der Waals surface area (Å²) in [5.74, 6) is 1.03. The standard InChI is InChI=1S/C18H18ClFN4O3/c1-10(8-27-18-13(20)4-11(19)7-21-18)24-17-12-5-15(25-2)16(26-3)6-14(12)22-9-23-17/h4-7,9-10H,8H2,1-3H3,(H,22,23,24)/t10-/m1/s1. The number of anilines is 1. The maximum Gasteiger partial charge on any atom is 0.250 e. The molecule has 0 bridgehead atoms. The first kappa shape index (κ1) is 18.9. The fourth-order valence-corrected chi connectivity index (χ4v) is 2.63. The summed E-state index contributed by atoms with van der Waals surface area (Å²) < 4.78 is 29.8. The Morgan fingerprint density at radius 1 is 1.11 bits per heavy atom. The van der Waals surface area contributed by atoms with Gasteiger partial charge in [0.15, 0.2) is 17.3 Å². The maximum absolute atomic E-state index is 13.8. The Morgan fingerprint density at radius 2 is 1.85 bits per heavy atom. The molecule has 0 spiro atoms. The van der Waals surface area contributed by atoms with E-state index in [1.54, 1.807) is 26.4 Å². The molecule has 0 radical (unpaired) electrons. The first-order valence-corrected chi connectivity index (χ1v) is 8.46. The number of fused-ring (bicyclic) bond motifs is 1. The van der Waals surface area contributed by atoms with Crippen LogP contribution in [-0.2, 0) is 0 Å². The molecule has 27 heavy (non-hydrogen) atoms. The van der Waals surface area contributed by atoms with Gasteiger partial charge in [-0.2, -0.15) is 0 Å². The van der Waals surface area contributed by atoms with Crippen LogP contribution in [0.5, 0.6) is 17.4 Å². The van der Waals surface area contributed by atoms with Gasteiger partial charge in [0.25, 0.3) is 5.88 Å². The first-order chi connectivity index (χ1) is 13.0. The predicted molar refractivity (Wildman–Crippen MR) is 100 cm³/mol. The number of nitrogens with one attached hydrogen (secondary N) is 1. The second-order valence-corrected chi connectivity index (χ2v) is 6.18. The van der Waals surface area contributed by atoms with Crippen LogP contribution in [0.2, 0.25) is 5.02 Å². The van der Waals surface area contributed by atoms with E-state index in [0.29, 0.717) is 22.8 Å². The third-order valence-electron chi connectivity index (χ3n) is 3.77. The fraction of sp³-hybridized carbons (Fsp3) is 0.278. The molecule has 0 saturated heterocycles. The van der Waals surface area contributed by atoms with Gasteiger partial charge in [-0.25, -0.2) is 19.3 Å². The Morgan fingerprint density at radius 3 is 2.56 bits per heavy atom. The highest BCUT2D eigenvalue weighted by Crippen LogP contribution is 2.33. The van der Waals surface area contributed by atoms with Gasteiger partial charge in [-0.05, 0) is 19.1 Å². The molecular formula is C18H18ClFN4O3. The van der Waals surface area contributed by atoms with Crippen molar-refractivity contribution in [3.8, 4) is 17.4 Å². The monoisotopic (exact) mass is 392 g/mol. The summed E-state index contributed by atoms with van der Waals surface area (Å²) in [5.41, 5.74) is 0.698. The molecule has 0 aliphatic heterocycles. The van der Waals surface area contributed by atoms with Crippen LogP contribution in [-0.4, -0.2) is 41.8 Å². The van der Waals surface area contributed by atoms with Crippen LogP contribution in [0.1, 0.15) is 6.92 Å². The highest BCUT2D eigenvalue weighted by atomic mass is 35.5. The van der Waals surface area contributed by atoms with Gasteiger partial charge in [0.05, 0.1) is 30.8 Å². The molecule has 3 rings (SSSR count). The average Bonchev–Trinajstić information content (AvgIpc) is 2.66. The molecule has 0 aliphatic carbocycles. The van der Waals surface area contributed by atoms with Gasteiger partial charge in [-0.3, -0.25) is 0 Å². The van der Waals surface area contributed by atoms with E-state index < -0.39 is 5.82 Å². The van der Waals surface area contributed by atoms with E-state index in [-0.39, 0.29) is 23.6 Å². The van der Waals surface area contributed by atoms with E-state index in [1.807, 2.05) is 6.92 Å². The number of hydrogen-bond donors (Lipinski definition) is 1. The first-order valence-electron chi connectivity index (χ1n) is 8.09. The van der Waals surface area contributed by atoms with Crippen LogP contribution in [0.25, 0.3) is 10.9 Å². The summed E-state index contributed by atoms with van der Waals surface area (Å²) in [6, 6.07) is 4.53. The summed E-state index contributed by atoms with van der Waals surface area (Å²) in [6.45, 7) is 2.05. The SMILES string of the molecule is COc1cc2ncnc(N[C@H](C)COc3ncc(Cl)cc3F)c2cc1OC. The van der Waals surface area contributed by atoms with E-state index in [9.17, 15) is 4.39 Å². The number of benzene rings is 1. The van der Waals surface area contributed by atoms with Crippen molar-refractivity contribution < 1.29 is 18.6 Å². The molecule has 0 saturated carbocycles. The highest BCUT2D eigenvalue weighted by Gasteiger charge is 2.14. The summed E-state index contributed by atoms with van der Waals surface area (Å²) in [5, 5.41) is 4.20. The molecule has 3 aromatic rings. The Balaban J connectivity index is 1.77. The Kier molecular flexibility index (Phi) is 5.75. The minimum Gasteiger partial charge on any atom is -0.493 e. The van der Waals surface area contributed by atoms with E-state index in [0.717, 1.165) is 11.5 Å². The highest BCUT2D eigenvalue weighted by molar-refractivity contribution is 6.30. The van der Waals surface area contributed by atoms with Crippen LogP contribution in [0.3, 0.4) is 0 Å². The van der Waals surface area contributed by atoms with Crippen molar-refractivity contribution in [2.45, 2.75) is 13.0 Å². The zero-order valence-corrected chi connectivity index (χ0v) is 15.7. The van der Waals surface area contributed by atoms with Crippen LogP contribution in [0.15, 0.2) is 30.7 Å². The lowest BCUT2D eigenvalue weighted by Crippen LogP contribution is -2.24. The molecule has 142 valence electrons. The quantitative estimate of drug-likeness (QED) is 0.656. The largest absolute Gasteiger partial charge is 0.493 e. The van der Waals surface area contributed by atoms with Crippen molar-refractivity contribution in [3.63, 3.8) is 0 Å². The van der Waals surface area contributed by atoms with Gasteiger partial charge in [-0.1, -0.05) is 11.6 Å². The third kappa shape index (κ3) is 4.28. The molecule has 1 atom stereocenters. The van der Waals surface area contributed by atoms with Crippen molar-refractivity contribution in [1.82, 2.24) is 15.0 Å². The molecule has 0 amide bonds. The molecule has 7 nitrogen and oxygen atoms in total. The molecule has 1 N–H and O–H groups in total. The minimum absolute atomic E-state index is 0.105. The van der Waals surface area contributed by atoms with Crippen molar-refractivity contribution in [3.05, 3.63) is 41.6 Å². The number of methoxy groups -OCH3 is 2. The molecular weight excluding hydrogens is 375 g/mol. The van der Waals surface area contributed by atoms with Crippen molar-refractivity contribution in [2.75, 3.05) is 26.1 Å².